The number of aliphatic imine (C=N–C) groups is 1. The van der Waals surface area contributed by atoms with Crippen LogP contribution in [-0.4, -0.2) is 96.9 Å². The minimum absolute atomic E-state index is 0.0668. The zero-order valence-electron chi connectivity index (χ0n) is 39.6. The highest BCUT2D eigenvalue weighted by Crippen LogP contribution is 2.41. The van der Waals surface area contributed by atoms with Crippen LogP contribution < -0.4 is 26.1 Å². The first-order chi connectivity index (χ1) is 32.5. The fourth-order valence-corrected chi connectivity index (χ4v) is 9.76. The van der Waals surface area contributed by atoms with E-state index in [-0.39, 0.29) is 41.2 Å². The van der Waals surface area contributed by atoms with Crippen molar-refractivity contribution in [3.8, 4) is 5.75 Å². The zero-order valence-corrected chi connectivity index (χ0v) is 42.0. The lowest BCUT2D eigenvalue weighted by Gasteiger charge is -2.49. The Morgan fingerprint density at radius 2 is 1.70 bits per heavy atom. The predicted molar refractivity (Wildman–Crippen MR) is 261 cm³/mol. The van der Waals surface area contributed by atoms with Gasteiger partial charge in [-0.05, 0) is 85.2 Å². The van der Waals surface area contributed by atoms with Crippen LogP contribution in [0.2, 0.25) is 0 Å². The fraction of sp³-hybridized carbons (Fsp3) is 0.383. The number of thioether (sulfide) groups is 1. The summed E-state index contributed by atoms with van der Waals surface area (Å²) in [5.41, 5.74) is 11.7. The van der Waals surface area contributed by atoms with Gasteiger partial charge in [-0.15, -0.1) is 34.4 Å². The topological polar surface area (TPSA) is 245 Å². The second-order valence-corrected chi connectivity index (χ2v) is 21.5. The summed E-state index contributed by atoms with van der Waals surface area (Å²) < 4.78 is 25.9. The summed E-state index contributed by atoms with van der Waals surface area (Å²) in [5.74, 6) is -1.76. The molecule has 6 heterocycles. The molecule has 2 aliphatic heterocycles. The Kier molecular flexibility index (Phi) is 14.6. The number of esters is 2. The maximum atomic E-state index is 14.2. The molecule has 1 saturated heterocycles. The molecule has 5 N–H and O–H groups in total. The summed E-state index contributed by atoms with van der Waals surface area (Å²) in [5, 5.41) is 10.5. The Bertz CT molecular complexity index is 2890. The highest BCUT2D eigenvalue weighted by molar-refractivity contribution is 8.00. The Hall–Kier alpha value is -6.78. The third-order valence-electron chi connectivity index (χ3n) is 10.3. The van der Waals surface area contributed by atoms with Gasteiger partial charge in [-0.2, -0.15) is 4.99 Å². The molecule has 7 rings (SSSR count). The van der Waals surface area contributed by atoms with Crippen LogP contribution in [0.25, 0.3) is 10.9 Å². The van der Waals surface area contributed by atoms with Gasteiger partial charge in [-0.1, -0.05) is 17.3 Å². The molecule has 1 fully saturated rings. The third-order valence-corrected chi connectivity index (χ3v) is 13.2. The molecule has 22 heteroatoms. The number of anilines is 1. The standard InChI is InChI=1S/C47H53N9O10S3/c1-45(2,3)64-42(60)47(7,8)66-53-34(32-25-69-43(49)50-32)38(57)51-35-39(58)56-36(41(59)63-22-26-10-12-30(62-9)13-11-26)29(24-68-40(35)56)20-54-16-15-33-27(19-54)14-17-55(33)21-31-18-28(23-67-31)37(48)52-44(61)65-46(4,5)6/h10-19,23,25,35,40H,20-22,24H2,1-9H3,(H4-,48,49,50,51,52,57,61)/p+1/b53-34-/t35-,40-/m1/s1. The molecule has 0 saturated carbocycles. The van der Waals surface area contributed by atoms with Crippen LogP contribution >= 0.6 is 34.4 Å². The average molecular weight is 1000 g/mol. The van der Waals surface area contributed by atoms with Gasteiger partial charge in [-0.3, -0.25) is 14.5 Å². The summed E-state index contributed by atoms with van der Waals surface area (Å²) in [6.07, 6.45) is 5.07. The van der Waals surface area contributed by atoms with Crippen molar-refractivity contribution in [1.29, 1.82) is 0 Å². The minimum Gasteiger partial charge on any atom is -0.497 e. The number of nitrogens with two attached hydrogens (primary N) is 2. The van der Waals surface area contributed by atoms with Gasteiger partial charge in [0.05, 0.1) is 24.6 Å². The first kappa shape index (κ1) is 50.1. The van der Waals surface area contributed by atoms with Crippen LogP contribution in [0.15, 0.2) is 93.2 Å². The summed E-state index contributed by atoms with van der Waals surface area (Å²) in [6, 6.07) is 11.8. The van der Waals surface area contributed by atoms with Gasteiger partial charge in [0.15, 0.2) is 29.8 Å². The van der Waals surface area contributed by atoms with Gasteiger partial charge in [0.25, 0.3) is 11.8 Å². The Morgan fingerprint density at radius 3 is 2.36 bits per heavy atom. The number of nitrogen functional groups attached to an aromatic ring is 1. The summed E-state index contributed by atoms with van der Waals surface area (Å²) >= 11 is 3.93. The number of amides is 3. The van der Waals surface area contributed by atoms with Crippen molar-refractivity contribution in [2.45, 2.75) is 103 Å². The largest absolute Gasteiger partial charge is 0.497 e. The second kappa shape index (κ2) is 20.1. The van der Waals surface area contributed by atoms with Crippen molar-refractivity contribution in [2.24, 2.45) is 15.9 Å². The number of aromatic nitrogens is 3. The number of nitrogens with one attached hydrogen (secondary N) is 1. The number of oxime groups is 1. The molecule has 0 unspecified atom stereocenters. The number of thiophene rings is 1. The first-order valence-electron chi connectivity index (χ1n) is 21.6. The van der Waals surface area contributed by atoms with E-state index in [0.29, 0.717) is 34.7 Å². The lowest BCUT2D eigenvalue weighted by molar-refractivity contribution is -0.687. The third kappa shape index (κ3) is 12.1. The number of methoxy groups -OCH3 is 1. The molecular formula is C47H54N9O10S3+. The van der Waals surface area contributed by atoms with Crippen LogP contribution in [0.1, 0.15) is 77.1 Å². The van der Waals surface area contributed by atoms with E-state index in [9.17, 15) is 24.0 Å². The van der Waals surface area contributed by atoms with Crippen LogP contribution in [-0.2, 0) is 57.9 Å². The highest BCUT2D eigenvalue weighted by Gasteiger charge is 2.55. The van der Waals surface area contributed by atoms with Gasteiger partial charge in [0.2, 0.25) is 5.60 Å². The fourth-order valence-electron chi connectivity index (χ4n) is 7.00. The van der Waals surface area contributed by atoms with E-state index >= 15 is 0 Å². The minimum atomic E-state index is -1.61. The lowest BCUT2D eigenvalue weighted by atomic mass is 10.0. The summed E-state index contributed by atoms with van der Waals surface area (Å²) in [6.45, 7) is 14.0. The SMILES string of the molecule is COc1ccc(COC(=O)C2=C(C[n+]3ccc4c(ccn4Cc4cc(C(N)=NC(=O)OC(C)(C)C)cs4)c3)CS[C@@H]3[C@H](NC(=O)/C(=N\OC(C)(C)C(=O)OC(C)(C)C)c4csc(N)n4)C(=O)N23)cc1. The van der Waals surface area contributed by atoms with Crippen LogP contribution in [0, 0.1) is 0 Å². The Morgan fingerprint density at radius 1 is 0.971 bits per heavy atom. The number of nitrogens with zero attached hydrogens (tertiary/aromatic N) is 6. The summed E-state index contributed by atoms with van der Waals surface area (Å²) in [4.78, 5) is 83.6. The van der Waals surface area contributed by atoms with E-state index in [1.807, 2.05) is 46.7 Å². The number of fused-ring (bicyclic) bond motifs is 2. The molecule has 19 nitrogen and oxygen atoms in total. The molecule has 0 radical (unpaired) electrons. The number of hydrogen-bond donors (Lipinski definition) is 3. The van der Waals surface area contributed by atoms with Crippen LogP contribution in [0.5, 0.6) is 5.75 Å². The molecule has 0 bridgehead atoms. The lowest BCUT2D eigenvalue weighted by Crippen LogP contribution is -2.71. The Labute approximate surface area is 410 Å². The van der Waals surface area contributed by atoms with Crippen molar-refractivity contribution in [1.82, 2.24) is 19.8 Å². The monoisotopic (exact) mass is 1000 g/mol. The van der Waals surface area contributed by atoms with E-state index in [2.05, 4.69) is 25.0 Å². The Balaban J connectivity index is 1.11. The molecule has 1 aromatic carbocycles. The molecule has 5 aromatic rings. The quantitative estimate of drug-likeness (QED) is 0.0218. The molecular weight excluding hydrogens is 947 g/mol. The smallest absolute Gasteiger partial charge is 0.436 e. The van der Waals surface area contributed by atoms with E-state index in [1.54, 1.807) is 72.9 Å². The number of amidine groups is 1. The number of pyridine rings is 1. The molecule has 0 spiro atoms. The first-order valence-corrected chi connectivity index (χ1v) is 24.4. The number of thiazole rings is 1. The maximum Gasteiger partial charge on any atom is 0.436 e. The predicted octanol–water partition coefficient (Wildman–Crippen LogP) is 5.66. The molecule has 4 aromatic heterocycles. The molecule has 2 atom stereocenters. The zero-order chi connectivity index (χ0) is 50.0. The van der Waals surface area contributed by atoms with Crippen molar-refractivity contribution < 1.29 is 52.3 Å². The van der Waals surface area contributed by atoms with Crippen LogP contribution in [0.4, 0.5) is 9.93 Å². The van der Waals surface area contributed by atoms with Crippen molar-refractivity contribution in [3.63, 3.8) is 0 Å². The van der Waals surface area contributed by atoms with Crippen molar-refractivity contribution in [2.75, 3.05) is 18.6 Å². The number of β-lactam (4-membered cyclic amide) rings is 1. The molecule has 3 amide bonds. The highest BCUT2D eigenvalue weighted by atomic mass is 32.2. The van der Waals surface area contributed by atoms with Crippen LogP contribution in [0.3, 0.4) is 0 Å². The van der Waals surface area contributed by atoms with E-state index in [1.165, 1.54) is 47.2 Å². The summed E-state index contributed by atoms with van der Waals surface area (Å²) in [7, 11) is 1.56. The molecule has 364 valence electrons. The van der Waals surface area contributed by atoms with Gasteiger partial charge >= 0.3 is 18.0 Å². The van der Waals surface area contributed by atoms with Gasteiger partial charge in [-0.25, -0.2) is 23.9 Å². The molecule has 2 aliphatic rings. The van der Waals surface area contributed by atoms with E-state index in [0.717, 1.165) is 27.1 Å². The average Bonchev–Trinajstić information content (AvgIpc) is 4.04. The number of ether oxygens (including phenoxy) is 4. The number of rotatable bonds is 15. The van der Waals surface area contributed by atoms with Gasteiger partial charge in [0, 0.05) is 44.8 Å². The van der Waals surface area contributed by atoms with E-state index < -0.39 is 58.1 Å². The van der Waals surface area contributed by atoms with Gasteiger partial charge < -0.3 is 45.1 Å². The van der Waals surface area contributed by atoms with Crippen molar-refractivity contribution >= 4 is 91.9 Å². The van der Waals surface area contributed by atoms with Crippen molar-refractivity contribution in [3.05, 3.63) is 105 Å². The van der Waals surface area contributed by atoms with Gasteiger partial charge in [0.1, 0.15) is 52.2 Å². The molecule has 0 aliphatic carbocycles. The number of carbonyl (C=O) groups is 5. The number of benzene rings is 1. The molecule has 69 heavy (non-hydrogen) atoms. The van der Waals surface area contributed by atoms with E-state index in [4.69, 9.17) is 35.3 Å². The second-order valence-electron chi connectivity index (χ2n) is 18.5. The number of hydrogen-bond acceptors (Lipinski definition) is 16. The normalized spacial score (nSPS) is 16.7. The number of carbonyl (C=O) groups excluding carboxylic acids is 5. The maximum absolute atomic E-state index is 14.2.